The van der Waals surface area contributed by atoms with Crippen molar-refractivity contribution in [1.82, 2.24) is 29.7 Å². The Bertz CT molecular complexity index is 603. The fourth-order valence-electron chi connectivity index (χ4n) is 2.27. The molecule has 112 valence electrons. The van der Waals surface area contributed by atoms with Gasteiger partial charge in [-0.25, -0.2) is 4.98 Å². The molecule has 1 saturated carbocycles. The Hall–Kier alpha value is -2.25. The van der Waals surface area contributed by atoms with Gasteiger partial charge >= 0.3 is 0 Å². The summed E-state index contributed by atoms with van der Waals surface area (Å²) < 4.78 is 1.53. The highest BCUT2D eigenvalue weighted by atomic mass is 15.4. The summed E-state index contributed by atoms with van der Waals surface area (Å²) in [6.45, 7) is 7.10. The molecule has 0 atom stereocenters. The standard InChI is InChI=1S/C13H20N8/c1-4-15-10-17-11(20-13(2,3)9-5-6-9)19-12(18-10)21-8-14-7-16-21/h7-9H,4-6H2,1-3H3,(H2,15,17,18,19,20). The van der Waals surface area contributed by atoms with Gasteiger partial charge in [0.2, 0.25) is 11.9 Å². The van der Waals surface area contributed by atoms with Gasteiger partial charge in [0.05, 0.1) is 0 Å². The van der Waals surface area contributed by atoms with Gasteiger partial charge in [-0.05, 0) is 39.5 Å². The molecule has 0 aliphatic heterocycles. The fourth-order valence-corrected chi connectivity index (χ4v) is 2.27. The lowest BCUT2D eigenvalue weighted by Gasteiger charge is -2.26. The van der Waals surface area contributed by atoms with E-state index < -0.39 is 0 Å². The molecule has 21 heavy (non-hydrogen) atoms. The first-order chi connectivity index (χ1) is 10.1. The highest BCUT2D eigenvalue weighted by molar-refractivity contribution is 5.39. The lowest BCUT2D eigenvalue weighted by Crippen LogP contribution is -2.34. The van der Waals surface area contributed by atoms with Gasteiger partial charge in [-0.2, -0.15) is 24.7 Å². The summed E-state index contributed by atoms with van der Waals surface area (Å²) in [6.07, 6.45) is 5.53. The summed E-state index contributed by atoms with van der Waals surface area (Å²) in [7, 11) is 0. The van der Waals surface area contributed by atoms with E-state index in [0.29, 0.717) is 23.8 Å². The molecule has 8 nitrogen and oxygen atoms in total. The van der Waals surface area contributed by atoms with Gasteiger partial charge in [0.1, 0.15) is 12.7 Å². The predicted octanol–water partition coefficient (Wildman–Crippen LogP) is 1.48. The van der Waals surface area contributed by atoms with Crippen LogP contribution in [-0.4, -0.2) is 41.8 Å². The molecule has 3 rings (SSSR count). The van der Waals surface area contributed by atoms with Gasteiger partial charge in [0.25, 0.3) is 5.95 Å². The highest BCUT2D eigenvalue weighted by Crippen LogP contribution is 2.40. The first-order valence-electron chi connectivity index (χ1n) is 7.21. The van der Waals surface area contributed by atoms with Gasteiger partial charge < -0.3 is 10.6 Å². The van der Waals surface area contributed by atoms with Gasteiger partial charge in [0, 0.05) is 12.1 Å². The van der Waals surface area contributed by atoms with E-state index in [9.17, 15) is 0 Å². The van der Waals surface area contributed by atoms with Crippen LogP contribution in [0.3, 0.4) is 0 Å². The Morgan fingerprint density at radius 2 is 2.00 bits per heavy atom. The van der Waals surface area contributed by atoms with Crippen molar-refractivity contribution in [3.63, 3.8) is 0 Å². The van der Waals surface area contributed by atoms with E-state index in [-0.39, 0.29) is 5.54 Å². The second-order valence-corrected chi connectivity index (χ2v) is 5.77. The van der Waals surface area contributed by atoms with Crippen molar-refractivity contribution in [3.05, 3.63) is 12.7 Å². The van der Waals surface area contributed by atoms with E-state index in [0.717, 1.165) is 6.54 Å². The first kappa shape index (κ1) is 13.7. The number of hydrogen-bond donors (Lipinski definition) is 2. The molecular formula is C13H20N8. The number of nitrogens with zero attached hydrogens (tertiary/aromatic N) is 6. The van der Waals surface area contributed by atoms with Crippen LogP contribution in [0.15, 0.2) is 12.7 Å². The van der Waals surface area contributed by atoms with Gasteiger partial charge in [-0.3, -0.25) is 0 Å². The average molecular weight is 288 g/mol. The molecule has 0 amide bonds. The summed E-state index contributed by atoms with van der Waals surface area (Å²) >= 11 is 0. The quantitative estimate of drug-likeness (QED) is 0.831. The molecule has 0 aromatic carbocycles. The van der Waals surface area contributed by atoms with Crippen LogP contribution in [0, 0.1) is 5.92 Å². The van der Waals surface area contributed by atoms with Crippen molar-refractivity contribution in [3.8, 4) is 5.95 Å². The summed E-state index contributed by atoms with van der Waals surface area (Å²) in [4.78, 5) is 17.1. The Morgan fingerprint density at radius 3 is 2.62 bits per heavy atom. The largest absolute Gasteiger partial charge is 0.354 e. The van der Waals surface area contributed by atoms with E-state index >= 15 is 0 Å². The molecule has 2 heterocycles. The van der Waals surface area contributed by atoms with Crippen LogP contribution >= 0.6 is 0 Å². The smallest absolute Gasteiger partial charge is 0.258 e. The molecule has 0 bridgehead atoms. The van der Waals surface area contributed by atoms with Gasteiger partial charge in [-0.15, -0.1) is 0 Å². The van der Waals surface area contributed by atoms with E-state index in [2.05, 4.69) is 49.5 Å². The molecule has 0 saturated heterocycles. The minimum absolute atomic E-state index is 0.0233. The molecule has 1 aliphatic carbocycles. The second kappa shape index (κ2) is 5.27. The first-order valence-corrected chi connectivity index (χ1v) is 7.21. The average Bonchev–Trinajstić information content (AvgIpc) is 3.15. The van der Waals surface area contributed by atoms with Crippen LogP contribution in [0.2, 0.25) is 0 Å². The van der Waals surface area contributed by atoms with Crippen LogP contribution in [0.4, 0.5) is 11.9 Å². The maximum absolute atomic E-state index is 4.44. The van der Waals surface area contributed by atoms with Crippen molar-refractivity contribution in [2.45, 2.75) is 39.2 Å². The number of hydrogen-bond acceptors (Lipinski definition) is 7. The fraction of sp³-hybridized carbons (Fsp3) is 0.615. The van der Waals surface area contributed by atoms with Gasteiger partial charge in [0.15, 0.2) is 0 Å². The van der Waals surface area contributed by atoms with Crippen molar-refractivity contribution in [1.29, 1.82) is 0 Å². The maximum Gasteiger partial charge on any atom is 0.258 e. The Balaban J connectivity index is 1.91. The monoisotopic (exact) mass is 288 g/mol. The molecular weight excluding hydrogens is 268 g/mol. The minimum Gasteiger partial charge on any atom is -0.354 e. The molecule has 0 spiro atoms. The van der Waals surface area contributed by atoms with Crippen molar-refractivity contribution in [2.24, 2.45) is 5.92 Å². The van der Waals surface area contributed by atoms with Crippen molar-refractivity contribution >= 4 is 11.9 Å². The summed E-state index contributed by atoms with van der Waals surface area (Å²) in [5, 5.41) is 10.6. The zero-order valence-electron chi connectivity index (χ0n) is 12.5. The maximum atomic E-state index is 4.44. The molecule has 2 N–H and O–H groups in total. The lowest BCUT2D eigenvalue weighted by molar-refractivity contribution is 0.489. The van der Waals surface area contributed by atoms with E-state index in [1.165, 1.54) is 23.9 Å². The second-order valence-electron chi connectivity index (χ2n) is 5.77. The zero-order valence-corrected chi connectivity index (χ0v) is 12.5. The number of rotatable bonds is 6. The molecule has 0 radical (unpaired) electrons. The lowest BCUT2D eigenvalue weighted by atomic mass is 9.99. The van der Waals surface area contributed by atoms with Crippen molar-refractivity contribution < 1.29 is 0 Å². The zero-order chi connectivity index (χ0) is 14.9. The van der Waals surface area contributed by atoms with Crippen LogP contribution in [-0.2, 0) is 0 Å². The number of aromatic nitrogens is 6. The van der Waals surface area contributed by atoms with Crippen LogP contribution in [0.25, 0.3) is 5.95 Å². The Morgan fingerprint density at radius 1 is 1.24 bits per heavy atom. The predicted molar refractivity (Wildman–Crippen MR) is 79.3 cm³/mol. The summed E-state index contributed by atoms with van der Waals surface area (Å²) in [6, 6.07) is 0. The summed E-state index contributed by atoms with van der Waals surface area (Å²) in [5.74, 6) is 2.22. The van der Waals surface area contributed by atoms with Gasteiger partial charge in [-0.1, -0.05) is 0 Å². The topological polar surface area (TPSA) is 93.4 Å². The third kappa shape index (κ3) is 3.09. The number of nitrogens with one attached hydrogen (secondary N) is 2. The third-order valence-corrected chi connectivity index (χ3v) is 3.61. The number of anilines is 2. The summed E-state index contributed by atoms with van der Waals surface area (Å²) in [5.41, 5.74) is -0.0233. The van der Waals surface area contributed by atoms with E-state index in [4.69, 9.17) is 0 Å². The molecule has 2 aromatic heterocycles. The molecule has 0 unspecified atom stereocenters. The highest BCUT2D eigenvalue weighted by Gasteiger charge is 2.38. The van der Waals surface area contributed by atoms with Crippen LogP contribution in [0.5, 0.6) is 0 Å². The van der Waals surface area contributed by atoms with Crippen molar-refractivity contribution in [2.75, 3.05) is 17.2 Å². The Labute approximate surface area is 123 Å². The molecule has 2 aromatic rings. The van der Waals surface area contributed by atoms with E-state index in [1.54, 1.807) is 6.33 Å². The Kier molecular flexibility index (Phi) is 3.44. The molecule has 1 aliphatic rings. The van der Waals surface area contributed by atoms with E-state index in [1.807, 2.05) is 6.92 Å². The molecule has 8 heteroatoms. The van der Waals surface area contributed by atoms with Crippen LogP contribution < -0.4 is 10.6 Å². The molecule has 1 fully saturated rings. The SMILES string of the molecule is CCNc1nc(NC(C)(C)C2CC2)nc(-n2cncn2)n1. The third-order valence-electron chi connectivity index (χ3n) is 3.61. The van der Waals surface area contributed by atoms with Crippen LogP contribution in [0.1, 0.15) is 33.6 Å². The normalized spacial score (nSPS) is 15.0. The minimum atomic E-state index is -0.0233.